The van der Waals surface area contributed by atoms with Gasteiger partial charge in [-0.15, -0.1) is 5.10 Å². The van der Waals surface area contributed by atoms with Crippen LogP contribution in [-0.2, 0) is 11.3 Å². The summed E-state index contributed by atoms with van der Waals surface area (Å²) in [6, 6.07) is 9.70. The van der Waals surface area contributed by atoms with Crippen molar-refractivity contribution in [1.82, 2.24) is 25.2 Å². The monoisotopic (exact) mass is 301 g/mol. The third-order valence-corrected chi connectivity index (χ3v) is 3.82. The van der Waals surface area contributed by atoms with Crippen LogP contribution < -0.4 is 0 Å². The van der Waals surface area contributed by atoms with E-state index in [0.717, 1.165) is 21.5 Å². The minimum absolute atomic E-state index is 0.267. The number of aromatic nitrogens is 5. The van der Waals surface area contributed by atoms with Crippen LogP contribution >= 0.6 is 11.8 Å². The van der Waals surface area contributed by atoms with Crippen LogP contribution in [0.15, 0.2) is 40.4 Å². The summed E-state index contributed by atoms with van der Waals surface area (Å²) < 4.78 is 1.26. The van der Waals surface area contributed by atoms with Gasteiger partial charge in [0.15, 0.2) is 0 Å². The van der Waals surface area contributed by atoms with Crippen molar-refractivity contribution >= 4 is 28.6 Å². The van der Waals surface area contributed by atoms with E-state index in [2.05, 4.69) is 20.5 Å². The number of benzene rings is 1. The minimum Gasteiger partial charge on any atom is -0.480 e. The molecule has 3 aromatic rings. The zero-order chi connectivity index (χ0) is 14.8. The molecule has 3 rings (SSSR count). The number of aryl methyl sites for hydroxylation is 1. The molecule has 21 heavy (non-hydrogen) atoms. The van der Waals surface area contributed by atoms with Crippen LogP contribution in [0.1, 0.15) is 5.69 Å². The molecule has 0 amide bonds. The average Bonchev–Trinajstić information content (AvgIpc) is 2.85. The van der Waals surface area contributed by atoms with Gasteiger partial charge in [-0.05, 0) is 41.2 Å². The topological polar surface area (TPSA) is 93.8 Å². The number of pyridine rings is 1. The van der Waals surface area contributed by atoms with Gasteiger partial charge in [0.05, 0.1) is 5.52 Å². The fraction of sp³-hybridized carbons (Fsp3) is 0.154. The Bertz CT molecular complexity index is 817. The number of rotatable bonds is 4. The molecule has 0 spiro atoms. The van der Waals surface area contributed by atoms with E-state index in [1.54, 1.807) is 0 Å². The molecular formula is C13H11N5O2S. The van der Waals surface area contributed by atoms with E-state index in [4.69, 9.17) is 5.11 Å². The second-order valence-corrected chi connectivity index (χ2v) is 5.40. The molecule has 106 valence electrons. The Morgan fingerprint density at radius 2 is 2.19 bits per heavy atom. The number of tetrazole rings is 1. The molecule has 2 heterocycles. The summed E-state index contributed by atoms with van der Waals surface area (Å²) in [6.07, 6.45) is 0. The predicted molar refractivity (Wildman–Crippen MR) is 76.1 cm³/mol. The zero-order valence-electron chi connectivity index (χ0n) is 11.1. The lowest BCUT2D eigenvalue weighted by Gasteiger charge is -2.06. The van der Waals surface area contributed by atoms with Gasteiger partial charge in [-0.25, -0.2) is 4.68 Å². The number of nitrogens with zero attached hydrogens (tertiary/aromatic N) is 5. The van der Waals surface area contributed by atoms with Gasteiger partial charge in [0.1, 0.15) is 6.54 Å². The second-order valence-electron chi connectivity index (χ2n) is 4.39. The number of carbonyl (C=O) groups is 1. The van der Waals surface area contributed by atoms with E-state index in [1.165, 1.54) is 16.4 Å². The van der Waals surface area contributed by atoms with Crippen LogP contribution in [0.2, 0.25) is 0 Å². The van der Waals surface area contributed by atoms with Crippen LogP contribution in [0.25, 0.3) is 10.9 Å². The first-order chi connectivity index (χ1) is 10.1. The molecule has 0 aliphatic carbocycles. The molecule has 0 aliphatic heterocycles. The Kier molecular flexibility index (Phi) is 3.53. The van der Waals surface area contributed by atoms with Crippen LogP contribution in [-0.4, -0.2) is 36.3 Å². The number of carboxylic acid groups (broad SMARTS) is 1. The number of hydrogen-bond donors (Lipinski definition) is 1. The predicted octanol–water partition coefficient (Wildman–Crippen LogP) is 1.77. The first kappa shape index (κ1) is 13.5. The van der Waals surface area contributed by atoms with Crippen molar-refractivity contribution in [3.63, 3.8) is 0 Å². The van der Waals surface area contributed by atoms with E-state index in [-0.39, 0.29) is 6.54 Å². The zero-order valence-corrected chi connectivity index (χ0v) is 11.9. The van der Waals surface area contributed by atoms with Crippen molar-refractivity contribution in [3.05, 3.63) is 36.0 Å². The maximum atomic E-state index is 10.8. The summed E-state index contributed by atoms with van der Waals surface area (Å²) in [5.41, 5.74) is 1.77. The molecule has 0 bridgehead atoms. The van der Waals surface area contributed by atoms with E-state index in [0.29, 0.717) is 5.16 Å². The summed E-state index contributed by atoms with van der Waals surface area (Å²) in [7, 11) is 0. The molecule has 2 aromatic heterocycles. The highest BCUT2D eigenvalue weighted by molar-refractivity contribution is 7.99. The maximum Gasteiger partial charge on any atom is 0.325 e. The Morgan fingerprint density at radius 1 is 1.38 bits per heavy atom. The first-order valence-corrected chi connectivity index (χ1v) is 6.97. The third-order valence-electron chi connectivity index (χ3n) is 2.79. The smallest absolute Gasteiger partial charge is 0.325 e. The Labute approximate surface area is 124 Å². The van der Waals surface area contributed by atoms with Gasteiger partial charge >= 0.3 is 5.97 Å². The summed E-state index contributed by atoms with van der Waals surface area (Å²) in [5, 5.41) is 21.4. The largest absolute Gasteiger partial charge is 0.480 e. The number of carboxylic acids is 1. The molecule has 0 radical (unpaired) electrons. The van der Waals surface area contributed by atoms with Gasteiger partial charge < -0.3 is 5.11 Å². The lowest BCUT2D eigenvalue weighted by atomic mass is 10.2. The molecule has 0 aliphatic rings. The van der Waals surface area contributed by atoms with E-state index < -0.39 is 5.97 Å². The molecule has 7 nitrogen and oxygen atoms in total. The van der Waals surface area contributed by atoms with Crippen molar-refractivity contribution in [2.45, 2.75) is 23.5 Å². The highest BCUT2D eigenvalue weighted by Gasteiger charge is 2.13. The lowest BCUT2D eigenvalue weighted by molar-refractivity contribution is -0.138. The fourth-order valence-electron chi connectivity index (χ4n) is 1.95. The molecule has 1 N–H and O–H groups in total. The molecular weight excluding hydrogens is 290 g/mol. The lowest BCUT2D eigenvalue weighted by Crippen LogP contribution is -2.11. The van der Waals surface area contributed by atoms with Crippen molar-refractivity contribution in [3.8, 4) is 0 Å². The van der Waals surface area contributed by atoms with Gasteiger partial charge in [0, 0.05) is 16.0 Å². The van der Waals surface area contributed by atoms with Crippen LogP contribution in [0.5, 0.6) is 0 Å². The average molecular weight is 301 g/mol. The molecule has 0 saturated heterocycles. The molecule has 1 aromatic carbocycles. The summed E-state index contributed by atoms with van der Waals surface area (Å²) in [6.45, 7) is 1.65. The summed E-state index contributed by atoms with van der Waals surface area (Å²) >= 11 is 1.33. The van der Waals surface area contributed by atoms with E-state index in [1.807, 2.05) is 37.3 Å². The standard InChI is InChI=1S/C13H11N5O2S/c1-8-6-11(9-4-2-3-5-10(9)14-8)21-13-15-16-17-18(13)7-12(19)20/h2-6H,7H2,1H3,(H,19,20). The molecule has 0 atom stereocenters. The number of para-hydroxylation sites is 1. The molecule has 0 fully saturated rings. The van der Waals surface area contributed by atoms with Crippen LogP contribution in [0.3, 0.4) is 0 Å². The third kappa shape index (κ3) is 2.84. The first-order valence-electron chi connectivity index (χ1n) is 6.15. The number of fused-ring (bicyclic) bond motifs is 1. The molecule has 0 unspecified atom stereocenters. The number of aliphatic carboxylic acids is 1. The minimum atomic E-state index is -0.986. The second kappa shape index (κ2) is 5.49. The highest BCUT2D eigenvalue weighted by atomic mass is 32.2. The van der Waals surface area contributed by atoms with Gasteiger partial charge in [0.25, 0.3) is 0 Å². The van der Waals surface area contributed by atoms with Crippen molar-refractivity contribution < 1.29 is 9.90 Å². The van der Waals surface area contributed by atoms with E-state index in [9.17, 15) is 4.79 Å². The van der Waals surface area contributed by atoms with Crippen molar-refractivity contribution in [2.75, 3.05) is 0 Å². The molecule has 0 saturated carbocycles. The van der Waals surface area contributed by atoms with Crippen LogP contribution in [0, 0.1) is 6.92 Å². The van der Waals surface area contributed by atoms with Crippen molar-refractivity contribution in [1.29, 1.82) is 0 Å². The molecule has 8 heteroatoms. The number of hydrogen-bond acceptors (Lipinski definition) is 6. The van der Waals surface area contributed by atoms with Gasteiger partial charge in [-0.1, -0.05) is 18.2 Å². The Hall–Kier alpha value is -2.48. The Morgan fingerprint density at radius 3 is 3.00 bits per heavy atom. The van der Waals surface area contributed by atoms with Crippen molar-refractivity contribution in [2.24, 2.45) is 0 Å². The van der Waals surface area contributed by atoms with E-state index >= 15 is 0 Å². The Balaban J connectivity index is 2.02. The summed E-state index contributed by atoms with van der Waals surface area (Å²) in [4.78, 5) is 16.2. The normalized spacial score (nSPS) is 10.9. The maximum absolute atomic E-state index is 10.8. The van der Waals surface area contributed by atoms with Gasteiger partial charge in [0.2, 0.25) is 5.16 Å². The SMILES string of the molecule is Cc1cc(Sc2nnnn2CC(=O)O)c2ccccc2n1. The quantitative estimate of drug-likeness (QED) is 0.784. The highest BCUT2D eigenvalue weighted by Crippen LogP contribution is 2.31. The summed E-state index contributed by atoms with van der Waals surface area (Å²) in [5.74, 6) is -0.986. The van der Waals surface area contributed by atoms with Gasteiger partial charge in [-0.3, -0.25) is 9.78 Å². The fourth-order valence-corrected chi connectivity index (χ4v) is 2.94. The van der Waals surface area contributed by atoms with Gasteiger partial charge in [-0.2, -0.15) is 0 Å². The van der Waals surface area contributed by atoms with Crippen LogP contribution in [0.4, 0.5) is 0 Å².